The highest BCUT2D eigenvalue weighted by atomic mass is 15.5. The van der Waals surface area contributed by atoms with Crippen molar-refractivity contribution >= 4 is 45.5 Å². The van der Waals surface area contributed by atoms with E-state index in [0.717, 1.165) is 0 Å². The topological polar surface area (TPSA) is 13.0 Å². The Bertz CT molecular complexity index is 1720. The molecule has 0 unspecified atom stereocenters. The first-order valence-electron chi connectivity index (χ1n) is 16.1. The molecule has 2 aliphatic heterocycles. The second-order valence-electron chi connectivity index (χ2n) is 12.4. The predicted octanol–water partition coefficient (Wildman–Crippen LogP) is 10.9. The Morgan fingerprint density at radius 1 is 0.283 bits per heavy atom. The number of hydrogen-bond donors (Lipinski definition) is 0. The van der Waals surface area contributed by atoms with Crippen molar-refractivity contribution in [1.82, 2.24) is 0 Å². The second-order valence-corrected chi connectivity index (χ2v) is 12.4. The number of para-hydroxylation sites is 4. The van der Waals surface area contributed by atoms with E-state index in [4.69, 9.17) is 0 Å². The molecule has 0 amide bonds. The van der Waals surface area contributed by atoms with Gasteiger partial charge in [-0.25, -0.2) is 0 Å². The zero-order valence-electron chi connectivity index (χ0n) is 26.8. The number of anilines is 8. The molecule has 226 valence electrons. The van der Waals surface area contributed by atoms with Gasteiger partial charge in [0.15, 0.2) is 12.3 Å². The molecule has 4 nitrogen and oxygen atoms in total. The fourth-order valence-corrected chi connectivity index (χ4v) is 7.55. The van der Waals surface area contributed by atoms with Crippen LogP contribution in [-0.2, 0) is 0 Å². The maximum absolute atomic E-state index is 2.60. The summed E-state index contributed by atoms with van der Waals surface area (Å²) in [6, 6.07) is 52.8. The highest BCUT2D eigenvalue weighted by molar-refractivity contribution is 5.97. The number of benzene rings is 6. The summed E-state index contributed by atoms with van der Waals surface area (Å²) < 4.78 is 0. The summed E-state index contributed by atoms with van der Waals surface area (Å²) in [5.41, 5.74) is 14.7. The van der Waals surface area contributed by atoms with Crippen LogP contribution in [0.1, 0.15) is 22.3 Å². The lowest BCUT2D eigenvalue weighted by atomic mass is 10.1. The smallest absolute Gasteiger partial charge is 0.151 e. The van der Waals surface area contributed by atoms with Gasteiger partial charge in [-0.2, -0.15) is 0 Å². The fraction of sp³-hybridized carbons (Fsp3) is 0.143. The standard InChI is InChI=1S/C42H38N4/c1-29-25-26-30(2)38-37(29)43(33-17-9-5-10-18-33)41(44(38)34-19-11-6-12-20-34)42-45(35-21-13-7-14-22-35)39-31(3)27-28-32(4)40(39)46(42)36-23-15-8-16-24-36/h5-28,41-42H,1-4H3. The molecule has 6 aromatic carbocycles. The van der Waals surface area contributed by atoms with E-state index in [0.29, 0.717) is 0 Å². The number of aryl methyl sites for hydroxylation is 4. The van der Waals surface area contributed by atoms with Gasteiger partial charge in [-0.15, -0.1) is 0 Å². The summed E-state index contributed by atoms with van der Waals surface area (Å²) in [5, 5.41) is 0. The minimum absolute atomic E-state index is 0.147. The Morgan fingerprint density at radius 2 is 0.478 bits per heavy atom. The van der Waals surface area contributed by atoms with Crippen molar-refractivity contribution in [2.24, 2.45) is 0 Å². The monoisotopic (exact) mass is 598 g/mol. The minimum Gasteiger partial charge on any atom is -0.314 e. The summed E-state index contributed by atoms with van der Waals surface area (Å²) in [5.74, 6) is 0. The van der Waals surface area contributed by atoms with Crippen molar-refractivity contribution in [2.75, 3.05) is 19.6 Å². The molecule has 0 aromatic heterocycles. The summed E-state index contributed by atoms with van der Waals surface area (Å²) >= 11 is 0. The maximum atomic E-state index is 2.60. The molecule has 8 rings (SSSR count). The maximum Gasteiger partial charge on any atom is 0.151 e. The van der Waals surface area contributed by atoms with E-state index in [1.807, 2.05) is 0 Å². The van der Waals surface area contributed by atoms with E-state index in [1.54, 1.807) is 0 Å². The average Bonchev–Trinajstić information content (AvgIpc) is 3.65. The van der Waals surface area contributed by atoms with Gasteiger partial charge in [-0.05, 0) is 98.5 Å². The lowest BCUT2D eigenvalue weighted by molar-refractivity contribution is 0.549. The molecular formula is C42H38N4. The van der Waals surface area contributed by atoms with Crippen LogP contribution in [0.25, 0.3) is 0 Å². The van der Waals surface area contributed by atoms with Gasteiger partial charge in [0.2, 0.25) is 0 Å². The molecule has 0 fully saturated rings. The van der Waals surface area contributed by atoms with Crippen molar-refractivity contribution in [3.8, 4) is 0 Å². The molecule has 0 radical (unpaired) electrons. The van der Waals surface area contributed by atoms with E-state index < -0.39 is 0 Å². The molecule has 0 saturated heterocycles. The van der Waals surface area contributed by atoms with Gasteiger partial charge in [0.1, 0.15) is 0 Å². The third-order valence-electron chi connectivity index (χ3n) is 9.54. The molecule has 2 heterocycles. The van der Waals surface area contributed by atoms with Crippen LogP contribution in [0.2, 0.25) is 0 Å². The lowest BCUT2D eigenvalue weighted by Gasteiger charge is -2.45. The van der Waals surface area contributed by atoms with Crippen molar-refractivity contribution < 1.29 is 0 Å². The van der Waals surface area contributed by atoms with Crippen molar-refractivity contribution in [3.63, 3.8) is 0 Å². The quantitative estimate of drug-likeness (QED) is 0.196. The van der Waals surface area contributed by atoms with Crippen molar-refractivity contribution in [2.45, 2.75) is 40.0 Å². The summed E-state index contributed by atoms with van der Waals surface area (Å²) in [6.07, 6.45) is -0.294. The number of fused-ring (bicyclic) bond motifs is 2. The van der Waals surface area contributed by atoms with Gasteiger partial charge in [0, 0.05) is 22.7 Å². The summed E-state index contributed by atoms with van der Waals surface area (Å²) in [6.45, 7) is 9.01. The molecule has 4 heteroatoms. The SMILES string of the molecule is Cc1ccc(C)c2c1N(c1ccccc1)C(C1N(c3ccccc3)c3c(C)ccc(C)c3N1c1ccccc1)N2c1ccccc1. The molecule has 6 aromatic rings. The number of nitrogens with zero attached hydrogens (tertiary/aromatic N) is 4. The van der Waals surface area contributed by atoms with Gasteiger partial charge in [0.25, 0.3) is 0 Å². The van der Waals surface area contributed by atoms with Crippen LogP contribution in [0, 0.1) is 27.7 Å². The average molecular weight is 599 g/mol. The molecule has 0 spiro atoms. The first-order chi connectivity index (χ1) is 22.5. The van der Waals surface area contributed by atoms with Gasteiger partial charge in [-0.1, -0.05) is 97.1 Å². The Kier molecular flexibility index (Phi) is 6.79. The molecular weight excluding hydrogens is 560 g/mol. The number of rotatable bonds is 5. The fourth-order valence-electron chi connectivity index (χ4n) is 7.55. The molecule has 46 heavy (non-hydrogen) atoms. The van der Waals surface area contributed by atoms with E-state index in [2.05, 4.69) is 193 Å². The third kappa shape index (κ3) is 4.28. The molecule has 2 aliphatic rings. The molecule has 0 N–H and O–H groups in total. The zero-order chi connectivity index (χ0) is 31.4. The Balaban J connectivity index is 1.50. The first-order valence-corrected chi connectivity index (χ1v) is 16.1. The Morgan fingerprint density at radius 3 is 0.674 bits per heavy atom. The Hall–Kier alpha value is -5.48. The van der Waals surface area contributed by atoms with E-state index in [9.17, 15) is 0 Å². The van der Waals surface area contributed by atoms with Crippen LogP contribution in [-0.4, -0.2) is 12.3 Å². The highest BCUT2D eigenvalue weighted by Gasteiger charge is 2.53. The van der Waals surface area contributed by atoms with Crippen molar-refractivity contribution in [3.05, 3.63) is 168 Å². The molecule has 0 aliphatic carbocycles. The van der Waals surface area contributed by atoms with Crippen LogP contribution in [0.4, 0.5) is 45.5 Å². The van der Waals surface area contributed by atoms with Gasteiger partial charge in [0.05, 0.1) is 22.7 Å². The lowest BCUT2D eigenvalue weighted by Crippen LogP contribution is -2.58. The largest absolute Gasteiger partial charge is 0.314 e. The van der Waals surface area contributed by atoms with Gasteiger partial charge >= 0.3 is 0 Å². The summed E-state index contributed by atoms with van der Waals surface area (Å²) in [7, 11) is 0. The van der Waals surface area contributed by atoms with E-state index in [1.165, 1.54) is 67.8 Å². The van der Waals surface area contributed by atoms with Gasteiger partial charge in [-0.3, -0.25) is 0 Å². The second kappa shape index (κ2) is 11.1. The molecule has 0 atom stereocenters. The Labute approximate surface area is 272 Å². The zero-order valence-corrected chi connectivity index (χ0v) is 26.8. The minimum atomic E-state index is -0.147. The normalized spacial score (nSPS) is 14.6. The van der Waals surface area contributed by atoms with Crippen LogP contribution >= 0.6 is 0 Å². The van der Waals surface area contributed by atoms with E-state index in [-0.39, 0.29) is 12.3 Å². The van der Waals surface area contributed by atoms with Gasteiger partial charge < -0.3 is 19.6 Å². The van der Waals surface area contributed by atoms with E-state index >= 15 is 0 Å². The van der Waals surface area contributed by atoms with Crippen LogP contribution < -0.4 is 19.6 Å². The van der Waals surface area contributed by atoms with Crippen LogP contribution in [0.5, 0.6) is 0 Å². The predicted molar refractivity (Wildman–Crippen MR) is 194 cm³/mol. The highest BCUT2D eigenvalue weighted by Crippen LogP contribution is 2.58. The van der Waals surface area contributed by atoms with Crippen molar-refractivity contribution in [1.29, 1.82) is 0 Å². The first kappa shape index (κ1) is 28.0. The third-order valence-corrected chi connectivity index (χ3v) is 9.54. The summed E-state index contributed by atoms with van der Waals surface area (Å²) in [4.78, 5) is 10.4. The molecule has 0 saturated carbocycles. The van der Waals surface area contributed by atoms with Crippen LogP contribution in [0.15, 0.2) is 146 Å². The molecule has 0 bridgehead atoms. The number of hydrogen-bond acceptors (Lipinski definition) is 4. The van der Waals surface area contributed by atoms with Crippen LogP contribution in [0.3, 0.4) is 0 Å².